The van der Waals surface area contributed by atoms with Gasteiger partial charge in [-0.3, -0.25) is 4.79 Å². The summed E-state index contributed by atoms with van der Waals surface area (Å²) in [5.74, 6) is 5.24. The molecular weight excluding hydrogens is 260 g/mol. The van der Waals surface area contributed by atoms with E-state index in [0.717, 1.165) is 9.48 Å². The number of halogens is 1. The normalized spacial score (nSPS) is 10.3. The average molecular weight is 271 g/mol. The van der Waals surface area contributed by atoms with Gasteiger partial charge in [-0.25, -0.2) is 10.9 Å². The minimum absolute atomic E-state index is 0.348. The Morgan fingerprint density at radius 2 is 2.07 bits per heavy atom. The zero-order valence-electron chi connectivity index (χ0n) is 8.18. The van der Waals surface area contributed by atoms with Crippen LogP contribution in [-0.4, -0.2) is 13.0 Å². The van der Waals surface area contributed by atoms with E-state index in [0.29, 0.717) is 5.69 Å². The van der Waals surface area contributed by atoms with Crippen LogP contribution >= 0.6 is 15.9 Å². The van der Waals surface area contributed by atoms with Crippen molar-refractivity contribution in [2.24, 2.45) is 5.84 Å². The highest BCUT2D eigenvalue weighted by atomic mass is 79.9. The third-order valence-corrected chi connectivity index (χ3v) is 2.22. The molecule has 0 saturated carbocycles. The monoisotopic (exact) mass is 270 g/mol. The number of anilines is 1. The molecule has 0 saturated heterocycles. The molecule has 1 aromatic rings. The van der Waals surface area contributed by atoms with Gasteiger partial charge in [0.15, 0.2) is 0 Å². The number of carbonyl (C=O) groups excluding carboxylic acids is 1. The van der Waals surface area contributed by atoms with Crippen molar-refractivity contribution in [3.8, 4) is 0 Å². The molecule has 4 nitrogen and oxygen atoms in total. The maximum absolute atomic E-state index is 11.4. The molecule has 80 valence electrons. The summed E-state index contributed by atoms with van der Waals surface area (Å²) in [6.45, 7) is 0. The van der Waals surface area contributed by atoms with E-state index in [2.05, 4.69) is 20.7 Å². The van der Waals surface area contributed by atoms with Crippen molar-refractivity contribution >= 4 is 27.5 Å². The van der Waals surface area contributed by atoms with Crippen LogP contribution in [-0.2, 0) is 9.53 Å². The highest BCUT2D eigenvalue weighted by Gasteiger charge is 2.07. The Bertz CT molecular complexity index is 362. The van der Waals surface area contributed by atoms with Crippen molar-refractivity contribution in [3.63, 3.8) is 0 Å². The van der Waals surface area contributed by atoms with Gasteiger partial charge < -0.3 is 4.74 Å². The Hall–Kier alpha value is -1.33. The van der Waals surface area contributed by atoms with E-state index in [1.54, 1.807) is 12.1 Å². The van der Waals surface area contributed by atoms with Crippen molar-refractivity contribution in [2.75, 3.05) is 12.1 Å². The van der Waals surface area contributed by atoms with Gasteiger partial charge in [0.1, 0.15) is 0 Å². The molecule has 0 aliphatic heterocycles. The van der Waals surface area contributed by atoms with Crippen LogP contribution in [0.3, 0.4) is 0 Å². The zero-order valence-corrected chi connectivity index (χ0v) is 9.77. The van der Waals surface area contributed by atoms with Crippen molar-refractivity contribution in [1.82, 2.24) is 0 Å². The van der Waals surface area contributed by atoms with Crippen LogP contribution in [0.4, 0.5) is 5.69 Å². The Labute approximate surface area is 96.4 Å². The Morgan fingerprint density at radius 1 is 1.47 bits per heavy atom. The Morgan fingerprint density at radius 3 is 2.60 bits per heavy atom. The fourth-order valence-electron chi connectivity index (χ4n) is 0.935. The zero-order chi connectivity index (χ0) is 11.3. The van der Waals surface area contributed by atoms with E-state index in [1.165, 1.54) is 19.4 Å². The lowest BCUT2D eigenvalue weighted by molar-refractivity contribution is -0.114. The molecule has 5 heteroatoms. The molecule has 2 N–H and O–H groups in total. The fourth-order valence-corrected chi connectivity index (χ4v) is 1.20. The summed E-state index contributed by atoms with van der Waals surface area (Å²) in [5.41, 5.74) is 0.615. The first-order valence-corrected chi connectivity index (χ1v) is 4.98. The summed E-state index contributed by atoms with van der Waals surface area (Å²) in [7, 11) is 1.46. The summed E-state index contributed by atoms with van der Waals surface area (Å²) >= 11 is 3.30. The van der Waals surface area contributed by atoms with Crippen LogP contribution in [0.5, 0.6) is 0 Å². The molecule has 0 aliphatic carbocycles. The van der Waals surface area contributed by atoms with E-state index < -0.39 is 0 Å². The fraction of sp³-hybridized carbons (Fsp3) is 0.100. The number of hydrogen-bond donors (Lipinski definition) is 1. The molecule has 0 aliphatic rings. The number of ether oxygens (including phenoxy) is 1. The van der Waals surface area contributed by atoms with E-state index in [1.807, 2.05) is 12.1 Å². The van der Waals surface area contributed by atoms with Crippen LogP contribution in [0.15, 0.2) is 41.1 Å². The number of hydrogen-bond acceptors (Lipinski definition) is 3. The number of hydrazine groups is 1. The van der Waals surface area contributed by atoms with Crippen LogP contribution in [0.1, 0.15) is 0 Å². The molecule has 15 heavy (non-hydrogen) atoms. The SMILES string of the molecule is COC=CC(=O)N(N)c1ccc(Br)cc1. The molecule has 1 rings (SSSR count). The average Bonchev–Trinajstić information content (AvgIpc) is 2.26. The molecule has 0 fully saturated rings. The molecule has 0 aromatic heterocycles. The predicted molar refractivity (Wildman–Crippen MR) is 62.0 cm³/mol. The van der Waals surface area contributed by atoms with Gasteiger partial charge in [0.2, 0.25) is 0 Å². The van der Waals surface area contributed by atoms with Gasteiger partial charge >= 0.3 is 0 Å². The van der Waals surface area contributed by atoms with Gasteiger partial charge in [0.05, 0.1) is 19.1 Å². The van der Waals surface area contributed by atoms with Gasteiger partial charge in [-0.2, -0.15) is 0 Å². The molecule has 0 unspecified atom stereocenters. The van der Waals surface area contributed by atoms with Crippen molar-refractivity contribution in [2.45, 2.75) is 0 Å². The summed E-state index contributed by atoms with van der Waals surface area (Å²) in [6.07, 6.45) is 2.53. The summed E-state index contributed by atoms with van der Waals surface area (Å²) in [6, 6.07) is 7.09. The maximum atomic E-state index is 11.4. The van der Waals surface area contributed by atoms with E-state index in [-0.39, 0.29) is 5.91 Å². The standard InChI is InChI=1S/C10H11BrN2O2/c1-15-7-6-10(14)13(12)9-4-2-8(11)3-5-9/h2-7H,12H2,1H3. The lowest BCUT2D eigenvalue weighted by Gasteiger charge is -2.14. The van der Waals surface area contributed by atoms with Crippen molar-refractivity contribution in [1.29, 1.82) is 0 Å². The van der Waals surface area contributed by atoms with E-state index in [4.69, 9.17) is 5.84 Å². The lowest BCUT2D eigenvalue weighted by Crippen LogP contribution is -2.36. The molecule has 0 heterocycles. The topological polar surface area (TPSA) is 55.6 Å². The number of rotatable bonds is 3. The van der Waals surface area contributed by atoms with Crippen LogP contribution in [0.2, 0.25) is 0 Å². The number of carbonyl (C=O) groups is 1. The first-order valence-electron chi connectivity index (χ1n) is 4.19. The van der Waals surface area contributed by atoms with Crippen molar-refractivity contribution < 1.29 is 9.53 Å². The lowest BCUT2D eigenvalue weighted by atomic mass is 10.3. The van der Waals surface area contributed by atoms with E-state index >= 15 is 0 Å². The third-order valence-electron chi connectivity index (χ3n) is 1.69. The number of nitrogens with two attached hydrogens (primary N) is 1. The number of benzene rings is 1. The van der Waals surface area contributed by atoms with Crippen LogP contribution in [0, 0.1) is 0 Å². The first kappa shape index (κ1) is 11.7. The summed E-state index contributed by atoms with van der Waals surface area (Å²) < 4.78 is 5.56. The van der Waals surface area contributed by atoms with E-state index in [9.17, 15) is 4.79 Å². The highest BCUT2D eigenvalue weighted by molar-refractivity contribution is 9.10. The first-order chi connectivity index (χ1) is 7.15. The van der Waals surface area contributed by atoms with Gasteiger partial charge in [-0.1, -0.05) is 15.9 Å². The number of methoxy groups -OCH3 is 1. The molecular formula is C10H11BrN2O2. The second-order valence-electron chi connectivity index (χ2n) is 2.72. The predicted octanol–water partition coefficient (Wildman–Crippen LogP) is 1.82. The highest BCUT2D eigenvalue weighted by Crippen LogP contribution is 2.16. The van der Waals surface area contributed by atoms with Crippen molar-refractivity contribution in [3.05, 3.63) is 41.1 Å². The third kappa shape index (κ3) is 3.38. The van der Waals surface area contributed by atoms with Gasteiger partial charge in [0, 0.05) is 10.5 Å². The second kappa shape index (κ2) is 5.53. The van der Waals surface area contributed by atoms with Crippen LogP contribution < -0.4 is 10.9 Å². The largest absolute Gasteiger partial charge is 0.504 e. The quantitative estimate of drug-likeness (QED) is 0.300. The summed E-state index contributed by atoms with van der Waals surface area (Å²) in [4.78, 5) is 11.4. The second-order valence-corrected chi connectivity index (χ2v) is 3.64. The van der Waals surface area contributed by atoms with Crippen LogP contribution in [0.25, 0.3) is 0 Å². The summed E-state index contributed by atoms with van der Waals surface area (Å²) in [5, 5.41) is 1.04. The molecule has 1 aromatic carbocycles. The van der Waals surface area contributed by atoms with Gasteiger partial charge in [-0.05, 0) is 24.3 Å². The molecule has 0 atom stereocenters. The maximum Gasteiger partial charge on any atom is 0.268 e. The number of nitrogens with zero attached hydrogens (tertiary/aromatic N) is 1. The minimum atomic E-state index is -0.348. The minimum Gasteiger partial charge on any atom is -0.504 e. The molecule has 0 bridgehead atoms. The smallest absolute Gasteiger partial charge is 0.268 e. The van der Waals surface area contributed by atoms with Gasteiger partial charge in [0.25, 0.3) is 5.91 Å². The van der Waals surface area contributed by atoms with Gasteiger partial charge in [-0.15, -0.1) is 0 Å². The Kier molecular flexibility index (Phi) is 4.33. The molecule has 0 spiro atoms. The molecule has 0 radical (unpaired) electrons. The Balaban J connectivity index is 2.76. The number of amides is 1. The molecule has 1 amide bonds.